The molecule has 0 bridgehead atoms. The number of nitrogens with one attached hydrogen (secondary N) is 1. The van der Waals surface area contributed by atoms with E-state index in [9.17, 15) is 24.6 Å². The number of nitrogens with zero attached hydrogens (tertiary/aromatic N) is 1. The molecule has 9 nitrogen and oxygen atoms in total. The van der Waals surface area contributed by atoms with Crippen molar-refractivity contribution in [3.63, 3.8) is 0 Å². The van der Waals surface area contributed by atoms with E-state index in [0.29, 0.717) is 29.2 Å². The number of fused-ring (bicyclic) bond motifs is 1. The van der Waals surface area contributed by atoms with Crippen LogP contribution in [0.3, 0.4) is 0 Å². The monoisotopic (exact) mass is 454 g/mol. The second-order valence-electron chi connectivity index (χ2n) is 8.29. The number of rotatable bonds is 7. The molecular formula is C24H26N2O7. The van der Waals surface area contributed by atoms with Gasteiger partial charge in [0, 0.05) is 17.7 Å². The number of carboxylic acids is 1. The summed E-state index contributed by atoms with van der Waals surface area (Å²) in [6, 6.07) is 10.2. The molecular weight excluding hydrogens is 428 g/mol. The summed E-state index contributed by atoms with van der Waals surface area (Å²) in [5, 5.41) is 24.0. The average Bonchev–Trinajstić information content (AvgIpc) is 3.28. The Morgan fingerprint density at radius 3 is 2.24 bits per heavy atom. The van der Waals surface area contributed by atoms with Crippen LogP contribution >= 0.6 is 0 Å². The maximum Gasteiger partial charge on any atom is 0.324 e. The van der Waals surface area contributed by atoms with Crippen LogP contribution in [0.4, 0.5) is 5.69 Å². The van der Waals surface area contributed by atoms with Crippen molar-refractivity contribution in [1.82, 2.24) is 5.32 Å². The second-order valence-corrected chi connectivity index (χ2v) is 8.29. The molecule has 174 valence electrons. The van der Waals surface area contributed by atoms with E-state index in [0.717, 1.165) is 4.90 Å². The maximum absolute atomic E-state index is 13.6. The van der Waals surface area contributed by atoms with Crippen molar-refractivity contribution in [1.29, 1.82) is 0 Å². The number of amides is 2. The lowest BCUT2D eigenvalue weighted by atomic mass is 9.77. The topological polar surface area (TPSA) is 125 Å². The Labute approximate surface area is 190 Å². The van der Waals surface area contributed by atoms with Crippen molar-refractivity contribution < 1.29 is 34.1 Å². The van der Waals surface area contributed by atoms with Crippen LogP contribution in [0.2, 0.25) is 0 Å². The van der Waals surface area contributed by atoms with Gasteiger partial charge in [-0.3, -0.25) is 19.7 Å². The number of imide groups is 1. The van der Waals surface area contributed by atoms with Crippen molar-refractivity contribution in [2.75, 3.05) is 19.1 Å². The summed E-state index contributed by atoms with van der Waals surface area (Å²) in [5.41, 5.74) is -0.971. The Bertz CT molecular complexity index is 1100. The lowest BCUT2D eigenvalue weighted by molar-refractivity contribution is -0.149. The van der Waals surface area contributed by atoms with Gasteiger partial charge in [-0.1, -0.05) is 19.4 Å². The highest BCUT2D eigenvalue weighted by Gasteiger charge is 2.68. The lowest BCUT2D eigenvalue weighted by Crippen LogP contribution is -2.55. The standard InChI is InChI=1S/C24H26N2O7/c1-4-11-24(23(30)31)19-18(20(25-24)16-10-9-15(33-3)12-17(16)27)21(28)26(22(19)29)13-5-7-14(32-2)8-6-13/h5-10,12,18-20,25,27H,4,11H2,1-3H3,(H,30,31)/t18-,19-,20-,24-/m0/s1. The van der Waals surface area contributed by atoms with Crippen LogP contribution in [0, 0.1) is 11.8 Å². The van der Waals surface area contributed by atoms with Gasteiger partial charge in [0.15, 0.2) is 0 Å². The molecule has 0 unspecified atom stereocenters. The third kappa shape index (κ3) is 3.39. The SMILES string of the molecule is CCC[C@]1(C(=O)O)N[C@@H](c2ccc(OC)cc2O)[C@H]2C(=O)N(c3ccc(OC)cc3)C(=O)[C@H]21. The molecule has 2 amide bonds. The second kappa shape index (κ2) is 8.40. The number of phenols is 1. The molecule has 0 radical (unpaired) electrons. The first-order chi connectivity index (χ1) is 15.8. The number of phenolic OH excluding ortho intramolecular Hbond substituents is 1. The molecule has 2 aliphatic rings. The highest BCUT2D eigenvalue weighted by atomic mass is 16.5. The van der Waals surface area contributed by atoms with E-state index < -0.39 is 41.2 Å². The van der Waals surface area contributed by atoms with E-state index >= 15 is 0 Å². The van der Waals surface area contributed by atoms with Crippen molar-refractivity contribution in [3.8, 4) is 17.2 Å². The van der Waals surface area contributed by atoms with E-state index in [-0.39, 0.29) is 12.2 Å². The summed E-state index contributed by atoms with van der Waals surface area (Å²) in [6.45, 7) is 1.82. The van der Waals surface area contributed by atoms with Gasteiger partial charge in [-0.15, -0.1) is 0 Å². The number of hydrogen-bond acceptors (Lipinski definition) is 7. The van der Waals surface area contributed by atoms with Crippen molar-refractivity contribution in [3.05, 3.63) is 48.0 Å². The zero-order valence-corrected chi connectivity index (χ0v) is 18.6. The molecule has 4 atom stereocenters. The van der Waals surface area contributed by atoms with Crippen molar-refractivity contribution in [2.45, 2.75) is 31.3 Å². The first kappa shape index (κ1) is 22.6. The van der Waals surface area contributed by atoms with E-state index in [4.69, 9.17) is 9.47 Å². The van der Waals surface area contributed by atoms with E-state index in [2.05, 4.69) is 5.32 Å². The average molecular weight is 454 g/mol. The molecule has 0 saturated carbocycles. The van der Waals surface area contributed by atoms with E-state index in [1.54, 1.807) is 36.4 Å². The largest absolute Gasteiger partial charge is 0.507 e. The predicted octanol–water partition coefficient (Wildman–Crippen LogP) is 2.48. The number of aromatic hydroxyl groups is 1. The van der Waals surface area contributed by atoms with Gasteiger partial charge >= 0.3 is 5.97 Å². The summed E-state index contributed by atoms with van der Waals surface area (Å²) >= 11 is 0. The Kier molecular flexibility index (Phi) is 5.75. The summed E-state index contributed by atoms with van der Waals surface area (Å²) in [6.07, 6.45) is 0.625. The molecule has 0 spiro atoms. The first-order valence-electron chi connectivity index (χ1n) is 10.7. The highest BCUT2D eigenvalue weighted by Crippen LogP contribution is 2.52. The zero-order valence-electron chi connectivity index (χ0n) is 18.6. The van der Waals surface area contributed by atoms with Crippen molar-refractivity contribution >= 4 is 23.5 Å². The number of hydrogen-bond donors (Lipinski definition) is 3. The highest BCUT2D eigenvalue weighted by molar-refractivity contribution is 6.24. The number of anilines is 1. The Balaban J connectivity index is 1.84. The number of methoxy groups -OCH3 is 2. The van der Waals surface area contributed by atoms with Gasteiger partial charge in [0.05, 0.1) is 31.7 Å². The Hall–Kier alpha value is -3.59. The molecule has 33 heavy (non-hydrogen) atoms. The molecule has 3 N–H and O–H groups in total. The number of aliphatic carboxylic acids is 1. The van der Waals surface area contributed by atoms with Crippen molar-refractivity contribution in [2.24, 2.45) is 11.8 Å². The fourth-order valence-corrected chi connectivity index (χ4v) is 5.10. The van der Waals surface area contributed by atoms with Gasteiger partial charge in [-0.05, 0) is 36.8 Å². The molecule has 2 fully saturated rings. The molecule has 2 heterocycles. The third-order valence-corrected chi connectivity index (χ3v) is 6.58. The minimum atomic E-state index is -1.65. The predicted molar refractivity (Wildman–Crippen MR) is 118 cm³/mol. The molecule has 9 heteroatoms. The quantitative estimate of drug-likeness (QED) is 0.545. The molecule has 0 aliphatic carbocycles. The van der Waals surface area contributed by atoms with Crippen LogP contribution < -0.4 is 19.7 Å². The fraction of sp³-hybridized carbons (Fsp3) is 0.375. The minimum absolute atomic E-state index is 0.145. The maximum atomic E-state index is 13.6. The molecule has 2 aromatic rings. The summed E-state index contributed by atoms with van der Waals surface area (Å²) < 4.78 is 10.3. The minimum Gasteiger partial charge on any atom is -0.507 e. The molecule has 2 saturated heterocycles. The zero-order chi connectivity index (χ0) is 23.9. The van der Waals surface area contributed by atoms with E-state index in [1.807, 2.05) is 6.92 Å². The first-order valence-corrected chi connectivity index (χ1v) is 10.7. The van der Waals surface area contributed by atoms with Gasteiger partial charge < -0.3 is 19.7 Å². The molecule has 2 aromatic carbocycles. The van der Waals surface area contributed by atoms with Gasteiger partial charge in [0.25, 0.3) is 0 Å². The number of carbonyl (C=O) groups is 3. The summed E-state index contributed by atoms with van der Waals surface area (Å²) in [7, 11) is 2.97. The lowest BCUT2D eigenvalue weighted by Gasteiger charge is -2.31. The van der Waals surface area contributed by atoms with Gasteiger partial charge in [0.1, 0.15) is 22.8 Å². The number of carboxylic acid groups (broad SMARTS) is 1. The smallest absolute Gasteiger partial charge is 0.324 e. The third-order valence-electron chi connectivity index (χ3n) is 6.58. The number of ether oxygens (including phenoxy) is 2. The van der Waals surface area contributed by atoms with Crippen LogP contribution in [0.5, 0.6) is 17.2 Å². The van der Waals surface area contributed by atoms with Gasteiger partial charge in [-0.25, -0.2) is 4.90 Å². The van der Waals surface area contributed by atoms with Crippen LogP contribution in [0.25, 0.3) is 0 Å². The number of benzene rings is 2. The van der Waals surface area contributed by atoms with Crippen LogP contribution in [0.1, 0.15) is 31.4 Å². The van der Waals surface area contributed by atoms with Crippen LogP contribution in [-0.2, 0) is 14.4 Å². The van der Waals surface area contributed by atoms with Crippen LogP contribution in [0.15, 0.2) is 42.5 Å². The molecule has 4 rings (SSSR count). The van der Waals surface area contributed by atoms with E-state index in [1.165, 1.54) is 20.3 Å². The number of carbonyl (C=O) groups excluding carboxylic acids is 2. The Morgan fingerprint density at radius 2 is 1.70 bits per heavy atom. The fourth-order valence-electron chi connectivity index (χ4n) is 5.10. The Morgan fingerprint density at radius 1 is 1.06 bits per heavy atom. The van der Waals surface area contributed by atoms with Gasteiger partial charge in [0.2, 0.25) is 11.8 Å². The molecule has 2 aliphatic heterocycles. The molecule has 0 aromatic heterocycles. The summed E-state index contributed by atoms with van der Waals surface area (Å²) in [4.78, 5) is 40.8. The van der Waals surface area contributed by atoms with Gasteiger partial charge in [-0.2, -0.15) is 0 Å². The normalized spacial score (nSPS) is 26.4. The summed E-state index contributed by atoms with van der Waals surface area (Å²) in [5.74, 6) is -3.59. The van der Waals surface area contributed by atoms with Crippen LogP contribution in [-0.4, -0.2) is 47.8 Å².